The van der Waals surface area contributed by atoms with E-state index in [1.807, 2.05) is 32.0 Å². The summed E-state index contributed by atoms with van der Waals surface area (Å²) in [5.41, 5.74) is 1.98. The fraction of sp³-hybridized carbons (Fsp3) is 0.192. The Hall–Kier alpha value is -4.13. The third-order valence-corrected chi connectivity index (χ3v) is 4.97. The van der Waals surface area contributed by atoms with Crippen molar-refractivity contribution in [1.29, 1.82) is 0 Å². The SMILES string of the molecule is CCN(CC)C(=O)c1cccc(NC(=O)COc2ccccc2C(=O)Nc2ccccc2)c1. The minimum atomic E-state index is -0.402. The van der Waals surface area contributed by atoms with Crippen LogP contribution in [-0.4, -0.2) is 42.3 Å². The number of hydrogen-bond acceptors (Lipinski definition) is 4. The molecule has 3 amide bonds. The molecule has 0 saturated carbocycles. The van der Waals surface area contributed by atoms with Crippen molar-refractivity contribution >= 4 is 29.1 Å². The summed E-state index contributed by atoms with van der Waals surface area (Å²) < 4.78 is 5.63. The van der Waals surface area contributed by atoms with Crippen molar-refractivity contribution in [2.45, 2.75) is 13.8 Å². The number of nitrogens with zero attached hydrogens (tertiary/aromatic N) is 1. The summed E-state index contributed by atoms with van der Waals surface area (Å²) >= 11 is 0. The zero-order valence-electron chi connectivity index (χ0n) is 18.7. The van der Waals surface area contributed by atoms with Gasteiger partial charge in [-0.15, -0.1) is 0 Å². The number of benzene rings is 3. The van der Waals surface area contributed by atoms with Gasteiger partial charge in [-0.2, -0.15) is 0 Å². The zero-order valence-corrected chi connectivity index (χ0v) is 18.7. The number of anilines is 2. The third kappa shape index (κ3) is 6.43. The van der Waals surface area contributed by atoms with Crippen LogP contribution in [0.3, 0.4) is 0 Å². The maximum absolute atomic E-state index is 12.6. The average molecular weight is 446 g/mol. The molecule has 0 aliphatic carbocycles. The number of nitrogens with one attached hydrogen (secondary N) is 2. The molecule has 0 fully saturated rings. The molecule has 33 heavy (non-hydrogen) atoms. The van der Waals surface area contributed by atoms with Crippen LogP contribution >= 0.6 is 0 Å². The first kappa shape index (κ1) is 23.5. The second-order valence-electron chi connectivity index (χ2n) is 7.21. The van der Waals surface area contributed by atoms with Gasteiger partial charge in [0.2, 0.25) is 0 Å². The smallest absolute Gasteiger partial charge is 0.262 e. The van der Waals surface area contributed by atoms with Gasteiger partial charge in [-0.05, 0) is 56.3 Å². The Kier molecular flexibility index (Phi) is 8.18. The van der Waals surface area contributed by atoms with Crippen LogP contribution in [-0.2, 0) is 4.79 Å². The monoisotopic (exact) mass is 445 g/mol. The van der Waals surface area contributed by atoms with Gasteiger partial charge in [0, 0.05) is 30.0 Å². The van der Waals surface area contributed by atoms with Crippen LogP contribution in [0.15, 0.2) is 78.9 Å². The van der Waals surface area contributed by atoms with Crippen molar-refractivity contribution in [3.05, 3.63) is 90.0 Å². The Morgan fingerprint density at radius 2 is 1.45 bits per heavy atom. The molecule has 3 rings (SSSR count). The van der Waals surface area contributed by atoms with Gasteiger partial charge in [0.25, 0.3) is 17.7 Å². The normalized spacial score (nSPS) is 10.2. The van der Waals surface area contributed by atoms with Gasteiger partial charge in [-0.1, -0.05) is 36.4 Å². The predicted octanol–water partition coefficient (Wildman–Crippen LogP) is 4.44. The predicted molar refractivity (Wildman–Crippen MR) is 129 cm³/mol. The molecule has 0 unspecified atom stereocenters. The molecule has 2 N–H and O–H groups in total. The Morgan fingerprint density at radius 3 is 2.18 bits per heavy atom. The molecule has 0 aliphatic heterocycles. The first-order valence-electron chi connectivity index (χ1n) is 10.8. The van der Waals surface area contributed by atoms with Crippen LogP contribution in [0.2, 0.25) is 0 Å². The van der Waals surface area contributed by atoms with E-state index in [0.717, 1.165) is 0 Å². The zero-order chi connectivity index (χ0) is 23.6. The molecule has 0 saturated heterocycles. The van der Waals surface area contributed by atoms with E-state index in [1.165, 1.54) is 0 Å². The second kappa shape index (κ2) is 11.5. The number of rotatable bonds is 9. The maximum atomic E-state index is 12.6. The highest BCUT2D eigenvalue weighted by Gasteiger charge is 2.15. The third-order valence-electron chi connectivity index (χ3n) is 4.97. The molecule has 7 heteroatoms. The summed E-state index contributed by atoms with van der Waals surface area (Å²) in [5.74, 6) is -0.530. The standard InChI is InChI=1S/C26H27N3O4/c1-3-29(4-2)26(32)19-11-10-14-21(17-19)27-24(30)18-33-23-16-9-8-15-22(23)25(31)28-20-12-6-5-7-13-20/h5-17H,3-4,18H2,1-2H3,(H,27,30)(H,28,31). The van der Waals surface area contributed by atoms with Crippen LogP contribution < -0.4 is 15.4 Å². The molecule has 3 aromatic carbocycles. The Morgan fingerprint density at radius 1 is 0.788 bits per heavy atom. The molecule has 170 valence electrons. The number of carbonyl (C=O) groups excluding carboxylic acids is 3. The minimum Gasteiger partial charge on any atom is -0.483 e. The highest BCUT2D eigenvalue weighted by Crippen LogP contribution is 2.20. The van der Waals surface area contributed by atoms with Crippen molar-refractivity contribution < 1.29 is 19.1 Å². The number of carbonyl (C=O) groups is 3. The van der Waals surface area contributed by atoms with Crippen molar-refractivity contribution in [2.75, 3.05) is 30.3 Å². The Bertz CT molecular complexity index is 1110. The van der Waals surface area contributed by atoms with Crippen LogP contribution in [0.5, 0.6) is 5.75 Å². The highest BCUT2D eigenvalue weighted by molar-refractivity contribution is 6.06. The fourth-order valence-corrected chi connectivity index (χ4v) is 3.26. The largest absolute Gasteiger partial charge is 0.483 e. The molecular weight excluding hydrogens is 418 g/mol. The van der Waals surface area contributed by atoms with E-state index >= 15 is 0 Å². The van der Waals surface area contributed by atoms with E-state index in [2.05, 4.69) is 10.6 Å². The van der Waals surface area contributed by atoms with Crippen molar-refractivity contribution in [3.8, 4) is 5.75 Å². The van der Waals surface area contributed by atoms with Crippen LogP contribution in [0.25, 0.3) is 0 Å². The molecule has 7 nitrogen and oxygen atoms in total. The van der Waals surface area contributed by atoms with Crippen molar-refractivity contribution in [1.82, 2.24) is 4.90 Å². The summed E-state index contributed by atoms with van der Waals surface area (Å²) in [6.07, 6.45) is 0. The van der Waals surface area contributed by atoms with Crippen LogP contribution in [0.1, 0.15) is 34.6 Å². The number of para-hydroxylation sites is 2. The van der Waals surface area contributed by atoms with Crippen LogP contribution in [0, 0.1) is 0 Å². The lowest BCUT2D eigenvalue weighted by molar-refractivity contribution is -0.118. The maximum Gasteiger partial charge on any atom is 0.262 e. The quantitative estimate of drug-likeness (QED) is 0.510. The van der Waals surface area contributed by atoms with Crippen molar-refractivity contribution in [3.63, 3.8) is 0 Å². The summed E-state index contributed by atoms with van der Waals surface area (Å²) in [6.45, 7) is 4.77. The van der Waals surface area contributed by atoms with E-state index in [0.29, 0.717) is 41.3 Å². The lowest BCUT2D eigenvalue weighted by Crippen LogP contribution is -2.30. The molecule has 0 atom stereocenters. The number of ether oxygens (including phenoxy) is 1. The lowest BCUT2D eigenvalue weighted by Gasteiger charge is -2.19. The first-order valence-corrected chi connectivity index (χ1v) is 10.8. The summed E-state index contributed by atoms with van der Waals surface area (Å²) in [7, 11) is 0. The summed E-state index contributed by atoms with van der Waals surface area (Å²) in [6, 6.07) is 22.6. The molecule has 3 aromatic rings. The Balaban J connectivity index is 1.62. The molecule has 0 bridgehead atoms. The van der Waals surface area contributed by atoms with Gasteiger partial charge >= 0.3 is 0 Å². The van der Waals surface area contributed by atoms with Gasteiger partial charge in [0.15, 0.2) is 6.61 Å². The first-order chi connectivity index (χ1) is 16.0. The van der Waals surface area contributed by atoms with Gasteiger partial charge in [0.1, 0.15) is 5.75 Å². The van der Waals surface area contributed by atoms with E-state index in [4.69, 9.17) is 4.74 Å². The van der Waals surface area contributed by atoms with Crippen molar-refractivity contribution in [2.24, 2.45) is 0 Å². The van der Waals surface area contributed by atoms with Crippen LogP contribution in [0.4, 0.5) is 11.4 Å². The summed E-state index contributed by atoms with van der Waals surface area (Å²) in [4.78, 5) is 39.4. The molecule has 0 aliphatic rings. The fourth-order valence-electron chi connectivity index (χ4n) is 3.26. The average Bonchev–Trinajstić information content (AvgIpc) is 2.84. The molecule has 0 heterocycles. The van der Waals surface area contributed by atoms with Gasteiger partial charge < -0.3 is 20.3 Å². The summed E-state index contributed by atoms with van der Waals surface area (Å²) in [5, 5.41) is 5.54. The van der Waals surface area contributed by atoms with E-state index in [1.54, 1.807) is 65.6 Å². The Labute approximate surface area is 193 Å². The molecule has 0 aromatic heterocycles. The van der Waals surface area contributed by atoms with Gasteiger partial charge in [-0.3, -0.25) is 14.4 Å². The number of amides is 3. The van der Waals surface area contributed by atoms with Gasteiger partial charge in [-0.25, -0.2) is 0 Å². The van der Waals surface area contributed by atoms with E-state index < -0.39 is 5.91 Å². The minimum absolute atomic E-state index is 0.0919. The second-order valence-corrected chi connectivity index (χ2v) is 7.21. The molecular formula is C26H27N3O4. The van der Waals surface area contributed by atoms with E-state index in [9.17, 15) is 14.4 Å². The van der Waals surface area contributed by atoms with E-state index in [-0.39, 0.29) is 18.4 Å². The molecule has 0 radical (unpaired) electrons. The topological polar surface area (TPSA) is 87.7 Å². The van der Waals surface area contributed by atoms with Gasteiger partial charge in [0.05, 0.1) is 5.56 Å². The highest BCUT2D eigenvalue weighted by atomic mass is 16.5. The molecule has 0 spiro atoms. The lowest BCUT2D eigenvalue weighted by atomic mass is 10.1. The number of hydrogen-bond donors (Lipinski definition) is 2.